The van der Waals surface area contributed by atoms with E-state index < -0.39 is 5.60 Å². The highest BCUT2D eigenvalue weighted by Gasteiger charge is 2.20. The van der Waals surface area contributed by atoms with Crippen LogP contribution in [-0.2, 0) is 4.74 Å². The zero-order valence-electron chi connectivity index (χ0n) is 18.0. The van der Waals surface area contributed by atoms with E-state index in [9.17, 15) is 4.79 Å². The summed E-state index contributed by atoms with van der Waals surface area (Å²) in [5.41, 5.74) is -0.474. The van der Waals surface area contributed by atoms with E-state index in [1.54, 1.807) is 0 Å². The summed E-state index contributed by atoms with van der Waals surface area (Å²) in [7, 11) is 0. The average molecular weight is 518 g/mol. The number of pyridine rings is 1. The SMILES string of the molecule is CCNC(=NCCCNC(=O)OC(C)(C)C)N1CCN(c2ccccn2)CC1.I. The molecule has 0 aromatic carbocycles. The highest BCUT2D eigenvalue weighted by Crippen LogP contribution is 2.12. The molecule has 1 saturated heterocycles. The van der Waals surface area contributed by atoms with Crippen molar-refractivity contribution in [2.45, 2.75) is 39.7 Å². The van der Waals surface area contributed by atoms with Crippen molar-refractivity contribution in [1.29, 1.82) is 0 Å². The molecule has 1 aromatic rings. The molecule has 0 unspecified atom stereocenters. The van der Waals surface area contributed by atoms with Gasteiger partial charge in [-0.2, -0.15) is 0 Å². The van der Waals surface area contributed by atoms with Crippen molar-refractivity contribution >= 4 is 41.8 Å². The zero-order valence-corrected chi connectivity index (χ0v) is 20.3. The molecule has 2 heterocycles. The first-order chi connectivity index (χ1) is 13.4. The minimum absolute atomic E-state index is 0. The maximum Gasteiger partial charge on any atom is 0.407 e. The third kappa shape index (κ3) is 9.51. The fourth-order valence-corrected chi connectivity index (χ4v) is 2.88. The molecule has 29 heavy (non-hydrogen) atoms. The second kappa shape index (κ2) is 12.7. The number of rotatable bonds is 6. The van der Waals surface area contributed by atoms with Crippen LogP contribution in [0, 0.1) is 0 Å². The summed E-state index contributed by atoms with van der Waals surface area (Å²) in [4.78, 5) is 25.4. The monoisotopic (exact) mass is 518 g/mol. The summed E-state index contributed by atoms with van der Waals surface area (Å²) in [6.07, 6.45) is 2.22. The number of amides is 1. The second-order valence-corrected chi connectivity index (χ2v) is 7.68. The molecule has 2 N–H and O–H groups in total. The summed E-state index contributed by atoms with van der Waals surface area (Å²) in [5.74, 6) is 1.96. The zero-order chi connectivity index (χ0) is 20.4. The lowest BCUT2D eigenvalue weighted by atomic mass is 10.2. The lowest BCUT2D eigenvalue weighted by Crippen LogP contribution is -2.52. The molecule has 0 spiro atoms. The molecule has 1 fully saturated rings. The van der Waals surface area contributed by atoms with E-state index in [-0.39, 0.29) is 30.1 Å². The highest BCUT2D eigenvalue weighted by atomic mass is 127. The molecule has 2 rings (SSSR count). The number of piperazine rings is 1. The van der Waals surface area contributed by atoms with E-state index in [2.05, 4.69) is 32.3 Å². The predicted molar refractivity (Wildman–Crippen MR) is 128 cm³/mol. The van der Waals surface area contributed by atoms with Crippen molar-refractivity contribution < 1.29 is 9.53 Å². The van der Waals surface area contributed by atoms with E-state index in [1.807, 2.05) is 45.2 Å². The number of nitrogens with zero attached hydrogens (tertiary/aromatic N) is 4. The van der Waals surface area contributed by atoms with E-state index in [4.69, 9.17) is 9.73 Å². The lowest BCUT2D eigenvalue weighted by molar-refractivity contribution is 0.0527. The smallest absolute Gasteiger partial charge is 0.407 e. The number of nitrogens with one attached hydrogen (secondary N) is 2. The van der Waals surface area contributed by atoms with Crippen LogP contribution in [0.3, 0.4) is 0 Å². The maximum absolute atomic E-state index is 11.7. The van der Waals surface area contributed by atoms with Gasteiger partial charge in [0.2, 0.25) is 0 Å². The van der Waals surface area contributed by atoms with Gasteiger partial charge in [-0.3, -0.25) is 4.99 Å². The van der Waals surface area contributed by atoms with E-state index in [1.165, 1.54) is 0 Å². The number of halogens is 1. The maximum atomic E-state index is 11.7. The molecule has 8 nitrogen and oxygen atoms in total. The van der Waals surface area contributed by atoms with Crippen LogP contribution < -0.4 is 15.5 Å². The summed E-state index contributed by atoms with van der Waals surface area (Å²) in [6.45, 7) is 13.3. The first-order valence-corrected chi connectivity index (χ1v) is 10.0. The molecule has 0 saturated carbocycles. The van der Waals surface area contributed by atoms with Crippen LogP contribution in [-0.4, -0.2) is 73.4 Å². The van der Waals surface area contributed by atoms with Gasteiger partial charge in [-0.25, -0.2) is 9.78 Å². The molecule has 164 valence electrons. The third-order valence-corrected chi connectivity index (χ3v) is 4.15. The first kappa shape index (κ1) is 25.3. The van der Waals surface area contributed by atoms with Crippen molar-refractivity contribution in [2.24, 2.45) is 4.99 Å². The van der Waals surface area contributed by atoms with Crippen molar-refractivity contribution in [1.82, 2.24) is 20.5 Å². The number of aliphatic imine (C=N–C) groups is 1. The molecule has 0 radical (unpaired) electrons. The second-order valence-electron chi connectivity index (χ2n) is 7.68. The Morgan fingerprint density at radius 3 is 2.52 bits per heavy atom. The summed E-state index contributed by atoms with van der Waals surface area (Å²) >= 11 is 0. The fourth-order valence-electron chi connectivity index (χ4n) is 2.88. The van der Waals surface area contributed by atoms with Gasteiger partial charge < -0.3 is 25.2 Å². The van der Waals surface area contributed by atoms with Gasteiger partial charge in [0, 0.05) is 52.0 Å². The number of ether oxygens (including phenoxy) is 1. The molecule has 0 bridgehead atoms. The average Bonchev–Trinajstić information content (AvgIpc) is 2.66. The molecule has 1 aliphatic rings. The van der Waals surface area contributed by atoms with Crippen LogP contribution in [0.15, 0.2) is 29.4 Å². The number of aromatic nitrogens is 1. The van der Waals surface area contributed by atoms with Crippen LogP contribution >= 0.6 is 24.0 Å². The van der Waals surface area contributed by atoms with Crippen LogP contribution in [0.1, 0.15) is 34.1 Å². The van der Waals surface area contributed by atoms with Crippen LogP contribution in [0.25, 0.3) is 0 Å². The number of alkyl carbamates (subject to hydrolysis) is 1. The molecule has 1 amide bonds. The van der Waals surface area contributed by atoms with Gasteiger partial charge >= 0.3 is 6.09 Å². The lowest BCUT2D eigenvalue weighted by Gasteiger charge is -2.37. The van der Waals surface area contributed by atoms with Crippen molar-refractivity contribution in [3.63, 3.8) is 0 Å². The molecule has 0 aliphatic carbocycles. The minimum Gasteiger partial charge on any atom is -0.444 e. The molecular weight excluding hydrogens is 483 g/mol. The Labute approximate surface area is 191 Å². The van der Waals surface area contributed by atoms with Gasteiger partial charge in [-0.15, -0.1) is 24.0 Å². The summed E-state index contributed by atoms with van der Waals surface area (Å²) in [6, 6.07) is 6.01. The standard InChI is InChI=1S/C20H34N6O2.HI/c1-5-21-18(23-11-8-12-24-19(27)28-20(2,3)4)26-15-13-25(14-16-26)17-9-6-7-10-22-17;/h6-7,9-10H,5,8,11-16H2,1-4H3,(H,21,23)(H,24,27);1H. The number of anilines is 1. The van der Waals surface area contributed by atoms with Crippen LogP contribution in [0.2, 0.25) is 0 Å². The van der Waals surface area contributed by atoms with E-state index in [0.717, 1.165) is 50.9 Å². The molecule has 9 heteroatoms. The summed E-state index contributed by atoms with van der Waals surface area (Å²) < 4.78 is 5.23. The van der Waals surface area contributed by atoms with Crippen LogP contribution in [0.4, 0.5) is 10.6 Å². The van der Waals surface area contributed by atoms with Crippen molar-refractivity contribution in [2.75, 3.05) is 50.7 Å². The van der Waals surface area contributed by atoms with Gasteiger partial charge in [-0.1, -0.05) is 6.07 Å². The van der Waals surface area contributed by atoms with Gasteiger partial charge in [0.05, 0.1) is 0 Å². The van der Waals surface area contributed by atoms with Gasteiger partial charge in [0.15, 0.2) is 5.96 Å². The van der Waals surface area contributed by atoms with Gasteiger partial charge in [-0.05, 0) is 46.2 Å². The Morgan fingerprint density at radius 1 is 1.21 bits per heavy atom. The molecular formula is C20H35IN6O2. The third-order valence-electron chi connectivity index (χ3n) is 4.15. The quantitative estimate of drug-likeness (QED) is 0.261. The normalized spacial score (nSPS) is 14.8. The fraction of sp³-hybridized carbons (Fsp3) is 0.650. The molecule has 1 aliphatic heterocycles. The molecule has 1 aromatic heterocycles. The Balaban J connectivity index is 0.00000420. The number of carbonyl (C=O) groups is 1. The Kier molecular flexibility index (Phi) is 11.1. The topological polar surface area (TPSA) is 82.1 Å². The number of hydrogen-bond donors (Lipinski definition) is 2. The van der Waals surface area contributed by atoms with Crippen molar-refractivity contribution in [3.8, 4) is 0 Å². The van der Waals surface area contributed by atoms with Gasteiger partial charge in [0.25, 0.3) is 0 Å². The Hall–Kier alpha value is -1.78. The van der Waals surface area contributed by atoms with Crippen LogP contribution in [0.5, 0.6) is 0 Å². The Morgan fingerprint density at radius 2 is 1.93 bits per heavy atom. The molecule has 0 atom stereocenters. The largest absolute Gasteiger partial charge is 0.444 e. The minimum atomic E-state index is -0.474. The van der Waals surface area contributed by atoms with E-state index in [0.29, 0.717) is 13.1 Å². The highest BCUT2D eigenvalue weighted by molar-refractivity contribution is 14.0. The number of hydrogen-bond acceptors (Lipinski definition) is 5. The van der Waals surface area contributed by atoms with E-state index >= 15 is 0 Å². The number of carbonyl (C=O) groups excluding carboxylic acids is 1. The Bertz CT molecular complexity index is 628. The first-order valence-electron chi connectivity index (χ1n) is 10.0. The van der Waals surface area contributed by atoms with Gasteiger partial charge in [0.1, 0.15) is 11.4 Å². The van der Waals surface area contributed by atoms with Crippen molar-refractivity contribution in [3.05, 3.63) is 24.4 Å². The number of guanidine groups is 1. The summed E-state index contributed by atoms with van der Waals surface area (Å²) in [5, 5.41) is 6.14. The predicted octanol–water partition coefficient (Wildman–Crippen LogP) is 2.70.